The number of amidine groups is 2. The van der Waals surface area contributed by atoms with E-state index in [0.717, 1.165) is 61.5 Å². The van der Waals surface area contributed by atoms with Gasteiger partial charge in [0, 0.05) is 40.4 Å². The van der Waals surface area contributed by atoms with Crippen LogP contribution in [0.1, 0.15) is 52.6 Å². The average molecular weight is 697 g/mol. The number of rotatable bonds is 9. The number of benzene rings is 2. The molecule has 3 amide bonds. The summed E-state index contributed by atoms with van der Waals surface area (Å²) >= 11 is 5.87. The average Bonchev–Trinajstić information content (AvgIpc) is 3.64. The Bertz CT molecular complexity index is 2070. The number of urea groups is 1. The van der Waals surface area contributed by atoms with Crippen molar-refractivity contribution in [1.82, 2.24) is 30.1 Å². The van der Waals surface area contributed by atoms with E-state index in [9.17, 15) is 14.0 Å². The summed E-state index contributed by atoms with van der Waals surface area (Å²) in [4.78, 5) is 45.4. The number of carbonyl (C=O) groups is 2. The van der Waals surface area contributed by atoms with Gasteiger partial charge in [-0.05, 0) is 74.8 Å². The standard InChI is InChI=1S/C36H34ClFN8O4/c37-24-6-4-23(26(38)17-24)20-50-33-3-1-2-27(40-33)21-10-13-45(14-11-21)19-32-39-29-16-22(5-8-30(29)46(32)18-25-12-15-49-25)35(47)43-31-9-7-28-34(42-31)44-36(48)41-28/h1-9,16-17,21,25,28H,10-15,18-20H2,(H2,41,42,43,44,47,48)/t25-,28?/m0/s1. The summed E-state index contributed by atoms with van der Waals surface area (Å²) in [5, 5.41) is 5.68. The number of aliphatic imine (C=N–C) groups is 2. The molecular weight excluding hydrogens is 663 g/mol. The number of hydrogen-bond donors (Lipinski definition) is 2. The van der Waals surface area contributed by atoms with E-state index in [2.05, 4.69) is 30.1 Å². The number of fused-ring (bicyclic) bond motifs is 2. The maximum absolute atomic E-state index is 14.2. The van der Waals surface area contributed by atoms with Gasteiger partial charge >= 0.3 is 6.03 Å². The summed E-state index contributed by atoms with van der Waals surface area (Å²) in [7, 11) is 0. The molecule has 0 saturated carbocycles. The third-order valence-electron chi connectivity index (χ3n) is 9.47. The predicted octanol–water partition coefficient (Wildman–Crippen LogP) is 5.16. The number of nitrogens with zero attached hydrogens (tertiary/aromatic N) is 6. The van der Waals surface area contributed by atoms with E-state index < -0.39 is 11.7 Å². The normalized spacial score (nSPS) is 21.4. The molecular formula is C36H34ClFN8O4. The highest BCUT2D eigenvalue weighted by molar-refractivity contribution is 6.30. The van der Waals surface area contributed by atoms with Crippen LogP contribution < -0.4 is 15.4 Å². The molecule has 2 N–H and O–H groups in total. The maximum atomic E-state index is 14.2. The fourth-order valence-corrected chi connectivity index (χ4v) is 6.79. The summed E-state index contributed by atoms with van der Waals surface area (Å²) in [6.07, 6.45) is 6.34. The van der Waals surface area contributed by atoms with Crippen molar-refractivity contribution in [2.75, 3.05) is 19.7 Å². The number of pyridine rings is 1. The van der Waals surface area contributed by atoms with Crippen LogP contribution in [0.25, 0.3) is 11.0 Å². The molecule has 2 aromatic carbocycles. The first kappa shape index (κ1) is 32.2. The van der Waals surface area contributed by atoms with E-state index in [4.69, 9.17) is 31.0 Å². The van der Waals surface area contributed by atoms with Crippen molar-refractivity contribution in [1.29, 1.82) is 0 Å². The highest BCUT2D eigenvalue weighted by atomic mass is 35.5. The molecule has 50 heavy (non-hydrogen) atoms. The van der Waals surface area contributed by atoms with E-state index in [1.807, 2.05) is 18.2 Å². The van der Waals surface area contributed by atoms with Crippen LogP contribution in [0.15, 0.2) is 76.7 Å². The van der Waals surface area contributed by atoms with Crippen molar-refractivity contribution in [2.45, 2.75) is 57.0 Å². The lowest BCUT2D eigenvalue weighted by Gasteiger charge is -2.32. The zero-order valence-electron chi connectivity index (χ0n) is 27.0. The maximum Gasteiger partial charge on any atom is 0.321 e. The zero-order valence-corrected chi connectivity index (χ0v) is 27.8. The Morgan fingerprint density at radius 1 is 1.10 bits per heavy atom. The predicted molar refractivity (Wildman–Crippen MR) is 185 cm³/mol. The Hall–Kier alpha value is -4.98. The van der Waals surface area contributed by atoms with Gasteiger partial charge in [0.1, 0.15) is 30.1 Å². The summed E-state index contributed by atoms with van der Waals surface area (Å²) in [5.41, 5.74) is 3.45. The Morgan fingerprint density at radius 2 is 1.96 bits per heavy atom. The molecule has 4 aromatic rings. The number of nitrogens with one attached hydrogen (secondary N) is 2. The Morgan fingerprint density at radius 3 is 2.76 bits per heavy atom. The minimum absolute atomic E-state index is 0.0701. The first-order valence-electron chi connectivity index (χ1n) is 16.7. The highest BCUT2D eigenvalue weighted by Crippen LogP contribution is 2.30. The zero-order chi connectivity index (χ0) is 34.2. The summed E-state index contributed by atoms with van der Waals surface area (Å²) < 4.78 is 28.0. The van der Waals surface area contributed by atoms with Crippen LogP contribution in [0.5, 0.6) is 5.88 Å². The molecule has 0 bridgehead atoms. The van der Waals surface area contributed by atoms with Crippen LogP contribution in [0, 0.1) is 5.82 Å². The molecule has 0 radical (unpaired) electrons. The van der Waals surface area contributed by atoms with Gasteiger partial charge in [-0.2, -0.15) is 4.99 Å². The number of carbonyl (C=O) groups excluding carboxylic acids is 2. The highest BCUT2D eigenvalue weighted by Gasteiger charge is 2.29. The summed E-state index contributed by atoms with van der Waals surface area (Å²) in [5.74, 6) is 1.47. The molecule has 0 aliphatic carbocycles. The number of aromatic nitrogens is 3. The second kappa shape index (κ2) is 13.7. The number of piperidine rings is 1. The lowest BCUT2D eigenvalue weighted by atomic mass is 9.93. The lowest BCUT2D eigenvalue weighted by molar-refractivity contribution is -0.0592. The third-order valence-corrected chi connectivity index (χ3v) is 9.71. The molecule has 8 rings (SSSR count). The van der Waals surface area contributed by atoms with Crippen LogP contribution in [-0.2, 0) is 24.4 Å². The molecule has 14 heteroatoms. The lowest BCUT2D eigenvalue weighted by Crippen LogP contribution is -2.35. The molecule has 3 saturated heterocycles. The molecule has 2 atom stereocenters. The van der Waals surface area contributed by atoms with Gasteiger partial charge in [-0.25, -0.2) is 24.1 Å². The van der Waals surface area contributed by atoms with Crippen molar-refractivity contribution in [3.05, 3.63) is 100 Å². The van der Waals surface area contributed by atoms with Crippen molar-refractivity contribution in [3.8, 4) is 5.88 Å². The third kappa shape index (κ3) is 6.89. The van der Waals surface area contributed by atoms with Gasteiger partial charge in [-0.3, -0.25) is 15.0 Å². The van der Waals surface area contributed by atoms with Crippen LogP contribution in [0.3, 0.4) is 0 Å². The molecule has 6 heterocycles. The van der Waals surface area contributed by atoms with Gasteiger partial charge in [0.25, 0.3) is 5.91 Å². The molecule has 2 aromatic heterocycles. The Balaban J connectivity index is 0.940. The van der Waals surface area contributed by atoms with E-state index in [1.54, 1.807) is 42.5 Å². The number of halogens is 2. The Labute approximate surface area is 292 Å². The molecule has 1 unspecified atom stereocenters. The number of dihydropyridines is 1. The van der Waals surface area contributed by atoms with Crippen molar-refractivity contribution < 1.29 is 23.5 Å². The monoisotopic (exact) mass is 696 g/mol. The second-order valence-electron chi connectivity index (χ2n) is 12.8. The van der Waals surface area contributed by atoms with Gasteiger partial charge in [-0.1, -0.05) is 29.8 Å². The topological polar surface area (TPSA) is 135 Å². The number of imidazole rings is 1. The van der Waals surface area contributed by atoms with Crippen LogP contribution in [0.4, 0.5) is 9.18 Å². The van der Waals surface area contributed by atoms with E-state index in [1.165, 1.54) is 6.07 Å². The van der Waals surface area contributed by atoms with Crippen molar-refractivity contribution in [3.63, 3.8) is 0 Å². The number of likely N-dealkylation sites (tertiary alicyclic amines) is 1. The van der Waals surface area contributed by atoms with Gasteiger partial charge in [-0.15, -0.1) is 0 Å². The van der Waals surface area contributed by atoms with E-state index in [-0.39, 0.29) is 36.5 Å². The minimum Gasteiger partial charge on any atom is -0.473 e. The van der Waals surface area contributed by atoms with Gasteiger partial charge in [0.2, 0.25) is 5.88 Å². The number of amides is 3. The first-order chi connectivity index (χ1) is 24.3. The molecule has 4 aliphatic heterocycles. The smallest absolute Gasteiger partial charge is 0.321 e. The summed E-state index contributed by atoms with van der Waals surface area (Å²) in [6.45, 7) is 3.91. The molecule has 0 spiro atoms. The molecule has 3 fully saturated rings. The van der Waals surface area contributed by atoms with Gasteiger partial charge in [0.05, 0.1) is 30.2 Å². The minimum atomic E-state index is -0.438. The SMILES string of the molecule is O=C1NC2=NC(=NC(=O)c3ccc4c(c3)nc(CN3CCC(c5cccc(OCc6ccc(Cl)cc6F)n5)CC3)n4C[C@@H]3CCO3)C=CC2N1. The second-order valence-corrected chi connectivity index (χ2v) is 13.2. The molecule has 4 aliphatic rings. The fraction of sp³-hybridized carbons (Fsp3) is 0.333. The van der Waals surface area contributed by atoms with E-state index >= 15 is 0 Å². The van der Waals surface area contributed by atoms with Crippen LogP contribution in [0.2, 0.25) is 5.02 Å². The van der Waals surface area contributed by atoms with E-state index in [0.29, 0.717) is 41.0 Å². The van der Waals surface area contributed by atoms with Crippen LogP contribution in [-0.4, -0.2) is 74.9 Å². The fourth-order valence-electron chi connectivity index (χ4n) is 6.64. The number of hydrogen-bond acceptors (Lipinski definition) is 7. The quantitative estimate of drug-likeness (QED) is 0.247. The number of ether oxygens (including phenoxy) is 2. The van der Waals surface area contributed by atoms with Crippen molar-refractivity contribution >= 4 is 46.2 Å². The summed E-state index contributed by atoms with van der Waals surface area (Å²) in [6, 6.07) is 15.1. The molecule has 12 nitrogen and oxygen atoms in total. The van der Waals surface area contributed by atoms with Crippen molar-refractivity contribution in [2.24, 2.45) is 9.98 Å². The molecule has 256 valence electrons. The Kier molecular flexibility index (Phi) is 8.85. The van der Waals surface area contributed by atoms with Crippen LogP contribution >= 0.6 is 11.6 Å². The van der Waals surface area contributed by atoms with Gasteiger partial charge < -0.3 is 19.4 Å². The van der Waals surface area contributed by atoms with Gasteiger partial charge in [0.15, 0.2) is 5.84 Å². The largest absolute Gasteiger partial charge is 0.473 e. The first-order valence-corrected chi connectivity index (χ1v) is 17.1.